The molecule has 1 amide bonds. The molecule has 0 bridgehead atoms. The van der Waals surface area contributed by atoms with E-state index in [4.69, 9.17) is 11.6 Å². The molecule has 130 valence electrons. The Balaban J connectivity index is 1.84. The number of carbonyl (C=O) groups is 2. The molecule has 0 radical (unpaired) electrons. The second kappa shape index (κ2) is 8.13. The average molecular weight is 422 g/mol. The van der Waals surface area contributed by atoms with Crippen LogP contribution in [-0.4, -0.2) is 36.2 Å². The fraction of sp³-hybridized carbons (Fsp3) is 0.263. The van der Waals surface area contributed by atoms with Gasteiger partial charge in [-0.3, -0.25) is 14.5 Å². The lowest BCUT2D eigenvalue weighted by Gasteiger charge is -2.16. The van der Waals surface area contributed by atoms with Crippen molar-refractivity contribution in [3.05, 3.63) is 63.1 Å². The molecule has 3 rings (SSSR count). The van der Waals surface area contributed by atoms with E-state index in [9.17, 15) is 9.59 Å². The van der Waals surface area contributed by atoms with Gasteiger partial charge < -0.3 is 5.32 Å². The summed E-state index contributed by atoms with van der Waals surface area (Å²) in [7, 11) is 0. The van der Waals surface area contributed by atoms with Gasteiger partial charge in [0.25, 0.3) is 0 Å². The van der Waals surface area contributed by atoms with E-state index in [1.165, 1.54) is 0 Å². The third-order valence-corrected chi connectivity index (χ3v) is 5.01. The molecule has 1 N–H and O–H groups in total. The number of hydrogen-bond acceptors (Lipinski definition) is 3. The van der Waals surface area contributed by atoms with E-state index >= 15 is 0 Å². The molecule has 0 aliphatic carbocycles. The minimum absolute atomic E-state index is 0.113. The second-order valence-electron chi connectivity index (χ2n) is 6.03. The molecule has 1 aliphatic heterocycles. The lowest BCUT2D eigenvalue weighted by molar-refractivity contribution is -0.117. The first-order chi connectivity index (χ1) is 12.0. The molecular weight excluding hydrogens is 404 g/mol. The van der Waals surface area contributed by atoms with Crippen LogP contribution in [0.5, 0.6) is 0 Å². The van der Waals surface area contributed by atoms with Gasteiger partial charge >= 0.3 is 0 Å². The van der Waals surface area contributed by atoms with Crippen molar-refractivity contribution in [2.45, 2.75) is 12.8 Å². The molecule has 6 heteroatoms. The topological polar surface area (TPSA) is 49.4 Å². The van der Waals surface area contributed by atoms with E-state index in [0.29, 0.717) is 28.4 Å². The summed E-state index contributed by atoms with van der Waals surface area (Å²) in [6.07, 6.45) is 2.25. The van der Waals surface area contributed by atoms with Crippen LogP contribution in [0.4, 0.5) is 5.69 Å². The van der Waals surface area contributed by atoms with Crippen LogP contribution in [0, 0.1) is 0 Å². The smallest absolute Gasteiger partial charge is 0.238 e. The summed E-state index contributed by atoms with van der Waals surface area (Å²) < 4.78 is 0.764. The maximum Gasteiger partial charge on any atom is 0.238 e. The van der Waals surface area contributed by atoms with E-state index in [-0.39, 0.29) is 11.7 Å². The summed E-state index contributed by atoms with van der Waals surface area (Å²) >= 11 is 9.54. The quantitative estimate of drug-likeness (QED) is 0.729. The molecule has 0 unspecified atom stereocenters. The number of anilines is 1. The minimum Gasteiger partial charge on any atom is -0.324 e. The average Bonchev–Trinajstić information content (AvgIpc) is 3.09. The lowest BCUT2D eigenvalue weighted by Crippen LogP contribution is -2.31. The monoisotopic (exact) mass is 420 g/mol. The molecule has 0 saturated carbocycles. The first-order valence-corrected chi connectivity index (χ1v) is 9.32. The first-order valence-electron chi connectivity index (χ1n) is 8.15. The van der Waals surface area contributed by atoms with Crippen molar-refractivity contribution in [2.24, 2.45) is 0 Å². The highest BCUT2D eigenvalue weighted by molar-refractivity contribution is 9.10. The zero-order valence-corrected chi connectivity index (χ0v) is 15.9. The SMILES string of the molecule is O=C(CN1CCCC1)Nc1ccc(Br)cc1C(=O)c1ccccc1Cl. The Hall–Kier alpha value is -1.69. The van der Waals surface area contributed by atoms with E-state index in [1.54, 1.807) is 42.5 Å². The number of nitrogens with one attached hydrogen (secondary N) is 1. The molecule has 25 heavy (non-hydrogen) atoms. The molecule has 2 aromatic rings. The molecule has 1 saturated heterocycles. The molecule has 0 atom stereocenters. The number of hydrogen-bond donors (Lipinski definition) is 1. The van der Waals surface area contributed by atoms with Crippen LogP contribution in [0.1, 0.15) is 28.8 Å². The Morgan fingerprint density at radius 1 is 1.08 bits per heavy atom. The van der Waals surface area contributed by atoms with Gasteiger partial charge in [0.1, 0.15) is 0 Å². The Morgan fingerprint density at radius 2 is 1.80 bits per heavy atom. The Bertz CT molecular complexity index is 804. The van der Waals surface area contributed by atoms with Crippen LogP contribution >= 0.6 is 27.5 Å². The van der Waals surface area contributed by atoms with Gasteiger partial charge in [-0.25, -0.2) is 0 Å². The summed E-state index contributed by atoms with van der Waals surface area (Å²) in [6.45, 7) is 2.23. The predicted molar refractivity (Wildman–Crippen MR) is 103 cm³/mol. The van der Waals surface area contributed by atoms with Crippen molar-refractivity contribution >= 4 is 44.9 Å². The van der Waals surface area contributed by atoms with Crippen LogP contribution in [0.3, 0.4) is 0 Å². The summed E-state index contributed by atoms with van der Waals surface area (Å²) in [4.78, 5) is 27.3. The van der Waals surface area contributed by atoms with Crippen LogP contribution in [0.15, 0.2) is 46.9 Å². The number of amides is 1. The summed E-state index contributed by atoms with van der Waals surface area (Å²) in [5.41, 5.74) is 1.33. The molecule has 0 aromatic heterocycles. The molecule has 1 fully saturated rings. The zero-order valence-electron chi connectivity index (χ0n) is 13.6. The van der Waals surface area contributed by atoms with Crippen molar-refractivity contribution in [2.75, 3.05) is 25.0 Å². The van der Waals surface area contributed by atoms with Crippen LogP contribution in [0.25, 0.3) is 0 Å². The first kappa shape index (κ1) is 18.1. The number of ketones is 1. The highest BCUT2D eigenvalue weighted by Crippen LogP contribution is 2.26. The minimum atomic E-state index is -0.219. The van der Waals surface area contributed by atoms with Crippen molar-refractivity contribution < 1.29 is 9.59 Å². The highest BCUT2D eigenvalue weighted by Gasteiger charge is 2.20. The molecule has 4 nitrogen and oxygen atoms in total. The van der Waals surface area contributed by atoms with Crippen LogP contribution in [-0.2, 0) is 4.79 Å². The summed E-state index contributed by atoms with van der Waals surface area (Å²) in [6, 6.07) is 12.1. The summed E-state index contributed by atoms with van der Waals surface area (Å²) in [5.74, 6) is -0.333. The summed E-state index contributed by atoms with van der Waals surface area (Å²) in [5, 5.41) is 3.26. The van der Waals surface area contributed by atoms with E-state index in [2.05, 4.69) is 26.1 Å². The van der Waals surface area contributed by atoms with Gasteiger partial charge in [0.15, 0.2) is 5.78 Å². The number of carbonyl (C=O) groups excluding carboxylic acids is 2. The molecular formula is C19H18BrClN2O2. The maximum absolute atomic E-state index is 12.9. The highest BCUT2D eigenvalue weighted by atomic mass is 79.9. The Labute approximate surface area is 160 Å². The molecule has 1 heterocycles. The normalized spacial score (nSPS) is 14.5. The van der Waals surface area contributed by atoms with Crippen LogP contribution < -0.4 is 5.32 Å². The molecule has 2 aromatic carbocycles. The Morgan fingerprint density at radius 3 is 2.52 bits per heavy atom. The third-order valence-electron chi connectivity index (χ3n) is 4.18. The van der Waals surface area contributed by atoms with Crippen molar-refractivity contribution in [3.8, 4) is 0 Å². The number of likely N-dealkylation sites (tertiary alicyclic amines) is 1. The number of halogens is 2. The molecule has 0 spiro atoms. The van der Waals surface area contributed by atoms with E-state index < -0.39 is 0 Å². The van der Waals surface area contributed by atoms with Crippen LogP contribution in [0.2, 0.25) is 5.02 Å². The predicted octanol–water partition coefficient (Wildman–Crippen LogP) is 4.37. The number of rotatable bonds is 5. The zero-order chi connectivity index (χ0) is 17.8. The largest absolute Gasteiger partial charge is 0.324 e. The third kappa shape index (κ3) is 4.48. The van der Waals surface area contributed by atoms with E-state index in [1.807, 2.05) is 0 Å². The van der Waals surface area contributed by atoms with Gasteiger partial charge in [0.2, 0.25) is 5.91 Å². The second-order valence-corrected chi connectivity index (χ2v) is 7.35. The van der Waals surface area contributed by atoms with Crippen molar-refractivity contribution in [3.63, 3.8) is 0 Å². The fourth-order valence-electron chi connectivity index (χ4n) is 2.94. The number of benzene rings is 2. The maximum atomic E-state index is 12.9. The van der Waals surface area contributed by atoms with Crippen molar-refractivity contribution in [1.82, 2.24) is 4.90 Å². The van der Waals surface area contributed by atoms with Gasteiger partial charge in [-0.2, -0.15) is 0 Å². The number of nitrogens with zero attached hydrogens (tertiary/aromatic N) is 1. The van der Waals surface area contributed by atoms with Crippen molar-refractivity contribution in [1.29, 1.82) is 0 Å². The van der Waals surface area contributed by atoms with Gasteiger partial charge in [-0.1, -0.05) is 39.7 Å². The van der Waals surface area contributed by atoms with Gasteiger partial charge in [0.05, 0.1) is 17.3 Å². The fourth-order valence-corrected chi connectivity index (χ4v) is 3.52. The Kier molecular flexibility index (Phi) is 5.89. The van der Waals surface area contributed by atoms with E-state index in [0.717, 1.165) is 30.4 Å². The van der Waals surface area contributed by atoms with Gasteiger partial charge in [0, 0.05) is 15.6 Å². The van der Waals surface area contributed by atoms with Gasteiger partial charge in [-0.05, 0) is 56.3 Å². The molecule has 1 aliphatic rings. The van der Waals surface area contributed by atoms with Gasteiger partial charge in [-0.15, -0.1) is 0 Å². The lowest BCUT2D eigenvalue weighted by atomic mass is 10.0. The standard InChI is InChI=1S/C19H18BrClN2O2/c20-13-7-8-17(22-18(24)12-23-9-3-4-10-23)15(11-13)19(25)14-5-1-2-6-16(14)21/h1-2,5-8,11H,3-4,9-10,12H2,(H,22,24).